The fraction of sp³-hybridized carbons (Fsp3) is 0.250. The predicted molar refractivity (Wildman–Crippen MR) is 106 cm³/mol. The molecule has 0 aromatic heterocycles. The van der Waals surface area contributed by atoms with Gasteiger partial charge in [0.2, 0.25) is 5.91 Å². The number of carbonyl (C=O) groups excluding carboxylic acids is 3. The summed E-state index contributed by atoms with van der Waals surface area (Å²) < 4.78 is 5.16. The van der Waals surface area contributed by atoms with Crippen LogP contribution in [0.25, 0.3) is 0 Å². The van der Waals surface area contributed by atoms with Gasteiger partial charge < -0.3 is 15.8 Å². The molecular weight excluding hydrogens is 364 g/mol. The second-order valence-corrected chi connectivity index (χ2v) is 7.14. The molecular formula is C20H22N2O4S. The first-order valence-corrected chi connectivity index (χ1v) is 9.43. The minimum atomic E-state index is -0.919. The first-order valence-electron chi connectivity index (χ1n) is 8.45. The number of hydrogen-bond donors (Lipinski definition) is 2. The second kappa shape index (κ2) is 9.78. The predicted octanol–water partition coefficient (Wildman–Crippen LogP) is 3.15. The summed E-state index contributed by atoms with van der Waals surface area (Å²) in [7, 11) is 0. The zero-order valence-corrected chi connectivity index (χ0v) is 16.0. The van der Waals surface area contributed by atoms with Crippen LogP contribution in [-0.2, 0) is 14.3 Å². The van der Waals surface area contributed by atoms with E-state index in [1.165, 1.54) is 24.6 Å². The van der Waals surface area contributed by atoms with Crippen molar-refractivity contribution in [1.82, 2.24) is 0 Å². The molecule has 27 heavy (non-hydrogen) atoms. The molecule has 0 heterocycles. The summed E-state index contributed by atoms with van der Waals surface area (Å²) in [5.74, 6) is -0.841. The maximum Gasteiger partial charge on any atom is 0.307 e. The summed E-state index contributed by atoms with van der Waals surface area (Å²) in [6.07, 6.45) is -0.707. The van der Waals surface area contributed by atoms with Crippen LogP contribution >= 0.6 is 11.8 Å². The molecule has 0 bridgehead atoms. The van der Waals surface area contributed by atoms with Crippen LogP contribution < -0.4 is 11.1 Å². The Balaban J connectivity index is 1.75. The highest BCUT2D eigenvalue weighted by molar-refractivity contribution is 7.99. The molecule has 0 unspecified atom stereocenters. The van der Waals surface area contributed by atoms with E-state index >= 15 is 0 Å². The van der Waals surface area contributed by atoms with Crippen LogP contribution in [0.2, 0.25) is 0 Å². The van der Waals surface area contributed by atoms with Gasteiger partial charge in [-0.15, -0.1) is 11.8 Å². The Morgan fingerprint density at radius 1 is 1.07 bits per heavy atom. The first kappa shape index (κ1) is 20.5. The number of ether oxygens (including phenoxy) is 1. The number of anilines is 1. The third-order valence-electron chi connectivity index (χ3n) is 3.71. The van der Waals surface area contributed by atoms with Crippen LogP contribution in [0.3, 0.4) is 0 Å². The SMILES string of the molecule is Cc1ccc(SCCC(=O)O[C@@H](C)C(=O)Nc2ccc(C(N)=O)cc2)cc1. The number of nitrogens with two attached hydrogens (primary N) is 1. The Morgan fingerprint density at radius 3 is 2.30 bits per heavy atom. The van der Waals surface area contributed by atoms with Crippen LogP contribution in [-0.4, -0.2) is 29.6 Å². The van der Waals surface area contributed by atoms with Gasteiger partial charge in [-0.1, -0.05) is 17.7 Å². The standard InChI is InChI=1S/C20H22N2O4S/c1-13-3-9-17(10-4-13)27-12-11-18(23)26-14(2)20(25)22-16-7-5-15(6-8-16)19(21)24/h3-10,14H,11-12H2,1-2H3,(H2,21,24)(H,22,25)/t14-/m0/s1. The molecule has 0 fully saturated rings. The van der Waals surface area contributed by atoms with Crippen molar-refractivity contribution >= 4 is 35.2 Å². The number of hydrogen-bond acceptors (Lipinski definition) is 5. The Labute approximate surface area is 162 Å². The number of carbonyl (C=O) groups is 3. The molecule has 142 valence electrons. The van der Waals surface area contributed by atoms with Gasteiger partial charge in [-0.25, -0.2) is 0 Å². The highest BCUT2D eigenvalue weighted by Gasteiger charge is 2.18. The van der Waals surface area contributed by atoms with Crippen molar-refractivity contribution in [3.05, 3.63) is 59.7 Å². The van der Waals surface area contributed by atoms with Gasteiger partial charge in [-0.3, -0.25) is 14.4 Å². The average Bonchev–Trinajstić information content (AvgIpc) is 2.63. The van der Waals surface area contributed by atoms with E-state index in [4.69, 9.17) is 10.5 Å². The molecule has 0 radical (unpaired) electrons. The molecule has 2 amide bonds. The number of thioether (sulfide) groups is 1. The number of amides is 2. The van der Waals surface area contributed by atoms with Crippen molar-refractivity contribution in [3.8, 4) is 0 Å². The zero-order chi connectivity index (χ0) is 19.8. The smallest absolute Gasteiger partial charge is 0.307 e. The number of esters is 1. The average molecular weight is 386 g/mol. The van der Waals surface area contributed by atoms with E-state index in [-0.39, 0.29) is 6.42 Å². The lowest BCUT2D eigenvalue weighted by molar-refractivity contribution is -0.152. The Morgan fingerprint density at radius 2 is 1.70 bits per heavy atom. The third kappa shape index (κ3) is 6.79. The molecule has 6 nitrogen and oxygen atoms in total. The van der Waals surface area contributed by atoms with Gasteiger partial charge >= 0.3 is 5.97 Å². The van der Waals surface area contributed by atoms with Gasteiger partial charge in [0.25, 0.3) is 5.91 Å². The molecule has 0 aliphatic carbocycles. The Kier molecular flexibility index (Phi) is 7.43. The van der Waals surface area contributed by atoms with Crippen LogP contribution in [0.5, 0.6) is 0 Å². The van der Waals surface area contributed by atoms with Crippen molar-refractivity contribution in [2.45, 2.75) is 31.3 Å². The molecule has 0 aliphatic rings. The molecule has 2 aromatic rings. The number of aryl methyl sites for hydroxylation is 1. The van der Waals surface area contributed by atoms with Crippen molar-refractivity contribution in [2.24, 2.45) is 5.73 Å². The van der Waals surface area contributed by atoms with E-state index in [1.54, 1.807) is 23.9 Å². The lowest BCUT2D eigenvalue weighted by Crippen LogP contribution is -2.30. The number of primary amides is 1. The first-order chi connectivity index (χ1) is 12.8. The van der Waals surface area contributed by atoms with Crippen molar-refractivity contribution in [3.63, 3.8) is 0 Å². The summed E-state index contributed by atoms with van der Waals surface area (Å²) >= 11 is 1.56. The van der Waals surface area contributed by atoms with Crippen LogP contribution in [0.15, 0.2) is 53.4 Å². The second-order valence-electron chi connectivity index (χ2n) is 5.97. The van der Waals surface area contributed by atoms with Gasteiger partial charge in [-0.05, 0) is 50.2 Å². The molecule has 0 saturated carbocycles. The van der Waals surface area contributed by atoms with Gasteiger partial charge in [0.05, 0.1) is 6.42 Å². The molecule has 0 spiro atoms. The minimum Gasteiger partial charge on any atom is -0.453 e. The molecule has 0 aliphatic heterocycles. The fourth-order valence-electron chi connectivity index (χ4n) is 2.16. The molecule has 2 rings (SSSR count). The van der Waals surface area contributed by atoms with Crippen molar-refractivity contribution in [2.75, 3.05) is 11.1 Å². The molecule has 1 atom stereocenters. The lowest BCUT2D eigenvalue weighted by Gasteiger charge is -2.13. The van der Waals surface area contributed by atoms with Gasteiger partial charge in [0.15, 0.2) is 6.10 Å². The van der Waals surface area contributed by atoms with Gasteiger partial charge in [-0.2, -0.15) is 0 Å². The molecule has 2 aromatic carbocycles. The maximum absolute atomic E-state index is 12.1. The van der Waals surface area contributed by atoms with E-state index in [0.717, 1.165) is 4.90 Å². The van der Waals surface area contributed by atoms with Crippen LogP contribution in [0.4, 0.5) is 5.69 Å². The van der Waals surface area contributed by atoms with E-state index in [0.29, 0.717) is 17.0 Å². The summed E-state index contributed by atoms with van der Waals surface area (Å²) in [5, 5.41) is 2.63. The quantitative estimate of drug-likeness (QED) is 0.536. The topological polar surface area (TPSA) is 98.5 Å². The number of benzene rings is 2. The summed E-state index contributed by atoms with van der Waals surface area (Å²) in [6, 6.07) is 14.2. The van der Waals surface area contributed by atoms with E-state index in [2.05, 4.69) is 5.32 Å². The summed E-state index contributed by atoms with van der Waals surface area (Å²) in [5.41, 5.74) is 7.18. The largest absolute Gasteiger partial charge is 0.453 e. The van der Waals surface area contributed by atoms with Crippen molar-refractivity contribution < 1.29 is 19.1 Å². The Hall–Kier alpha value is -2.80. The van der Waals surface area contributed by atoms with Gasteiger partial charge in [0.1, 0.15) is 0 Å². The number of rotatable bonds is 8. The fourth-order valence-corrected chi connectivity index (χ4v) is 2.99. The molecule has 3 N–H and O–H groups in total. The van der Waals surface area contributed by atoms with E-state index in [1.807, 2.05) is 31.2 Å². The van der Waals surface area contributed by atoms with Crippen LogP contribution in [0, 0.1) is 6.92 Å². The summed E-state index contributed by atoms with van der Waals surface area (Å²) in [6.45, 7) is 3.53. The van der Waals surface area contributed by atoms with Gasteiger partial charge in [0, 0.05) is 21.9 Å². The highest BCUT2D eigenvalue weighted by atomic mass is 32.2. The third-order valence-corrected chi connectivity index (χ3v) is 4.72. The molecule has 0 saturated heterocycles. The zero-order valence-electron chi connectivity index (χ0n) is 15.2. The van der Waals surface area contributed by atoms with Crippen molar-refractivity contribution in [1.29, 1.82) is 0 Å². The van der Waals surface area contributed by atoms with Crippen LogP contribution in [0.1, 0.15) is 29.3 Å². The lowest BCUT2D eigenvalue weighted by atomic mass is 10.2. The van der Waals surface area contributed by atoms with E-state index < -0.39 is 23.9 Å². The summed E-state index contributed by atoms with van der Waals surface area (Å²) in [4.78, 5) is 36.1. The minimum absolute atomic E-state index is 0.212. The maximum atomic E-state index is 12.1. The number of nitrogens with one attached hydrogen (secondary N) is 1. The normalized spacial score (nSPS) is 11.5. The molecule has 7 heteroatoms. The highest BCUT2D eigenvalue weighted by Crippen LogP contribution is 2.19. The Bertz CT molecular complexity index is 804. The monoisotopic (exact) mass is 386 g/mol. The van der Waals surface area contributed by atoms with E-state index in [9.17, 15) is 14.4 Å².